The van der Waals surface area contributed by atoms with Crippen LogP contribution < -0.4 is 15.4 Å². The van der Waals surface area contributed by atoms with E-state index in [-0.39, 0.29) is 42.4 Å². The van der Waals surface area contributed by atoms with Gasteiger partial charge >= 0.3 is 0 Å². The Bertz CT molecular complexity index is 1300. The first kappa shape index (κ1) is 22.9. The van der Waals surface area contributed by atoms with Crippen LogP contribution in [0.25, 0.3) is 5.65 Å². The normalized spacial score (nSPS) is 16.0. The molecule has 1 saturated carbocycles. The van der Waals surface area contributed by atoms with Crippen LogP contribution in [0.4, 0.5) is 4.39 Å². The van der Waals surface area contributed by atoms with Crippen molar-refractivity contribution in [1.82, 2.24) is 25.2 Å². The van der Waals surface area contributed by atoms with Gasteiger partial charge in [0.1, 0.15) is 23.7 Å². The van der Waals surface area contributed by atoms with Gasteiger partial charge in [0, 0.05) is 31.1 Å². The minimum absolute atomic E-state index is 0.00619. The maximum Gasteiger partial charge on any atom is 0.270 e. The molecular formula is C25H26FN5O4. The summed E-state index contributed by atoms with van der Waals surface area (Å²) in [6.45, 7) is 0.759. The molecule has 0 unspecified atom stereocenters. The molecule has 3 aromatic rings. The molecule has 10 heteroatoms. The van der Waals surface area contributed by atoms with Crippen molar-refractivity contribution in [2.24, 2.45) is 5.92 Å². The molecule has 0 saturated heterocycles. The number of nitrogens with one attached hydrogen (secondary N) is 2. The van der Waals surface area contributed by atoms with Crippen molar-refractivity contribution in [3.05, 3.63) is 58.8 Å². The molecule has 0 bridgehead atoms. The van der Waals surface area contributed by atoms with E-state index in [1.54, 1.807) is 12.1 Å². The number of carbonyl (C=O) groups is 3. The highest BCUT2D eigenvalue weighted by Gasteiger charge is 2.22. The van der Waals surface area contributed by atoms with Crippen molar-refractivity contribution in [3.63, 3.8) is 0 Å². The summed E-state index contributed by atoms with van der Waals surface area (Å²) in [6, 6.07) is 6.70. The first-order valence-corrected chi connectivity index (χ1v) is 11.8. The molecule has 9 nitrogen and oxygen atoms in total. The third-order valence-electron chi connectivity index (χ3n) is 6.52. The fraction of sp³-hybridized carbons (Fsp3) is 0.400. The largest absolute Gasteiger partial charge is 0.486 e. The van der Waals surface area contributed by atoms with Crippen molar-refractivity contribution in [2.45, 2.75) is 45.1 Å². The maximum atomic E-state index is 14.3. The number of amides is 2. The Morgan fingerprint density at radius 2 is 1.94 bits per heavy atom. The highest BCUT2D eigenvalue weighted by molar-refractivity contribution is 5.98. The molecule has 2 aromatic heterocycles. The van der Waals surface area contributed by atoms with Crippen LogP contribution in [0.1, 0.15) is 64.2 Å². The van der Waals surface area contributed by atoms with Gasteiger partial charge in [0.15, 0.2) is 17.2 Å². The summed E-state index contributed by atoms with van der Waals surface area (Å²) >= 11 is 0. The Labute approximate surface area is 201 Å². The number of benzene rings is 1. The van der Waals surface area contributed by atoms with E-state index in [2.05, 4.69) is 20.7 Å². The number of Topliss-reactive ketones (excluding diaryl/α,β-unsaturated/α-hetero) is 1. The zero-order valence-corrected chi connectivity index (χ0v) is 19.2. The van der Waals surface area contributed by atoms with E-state index in [4.69, 9.17) is 4.74 Å². The second kappa shape index (κ2) is 9.81. The van der Waals surface area contributed by atoms with Crippen LogP contribution in [0.3, 0.4) is 0 Å². The molecule has 182 valence electrons. The standard InChI is InChI=1S/C25H26FN5O4/c26-19-13-29-31-21(25(34)28-11-15-4-2-1-3-5-15)10-20(30-23(19)31)24(33)27-12-16-6-7-22-17(8-16)9-18(32)14-35-22/h6-8,10,13,15H,1-5,9,11-12,14H2,(H,27,33)(H,28,34). The van der Waals surface area contributed by atoms with E-state index in [1.807, 2.05) is 6.07 Å². The smallest absolute Gasteiger partial charge is 0.270 e. The molecule has 0 spiro atoms. The van der Waals surface area contributed by atoms with Gasteiger partial charge in [-0.25, -0.2) is 13.9 Å². The van der Waals surface area contributed by atoms with Crippen LogP contribution in [0.2, 0.25) is 0 Å². The molecule has 3 heterocycles. The average Bonchev–Trinajstić information content (AvgIpc) is 3.26. The lowest BCUT2D eigenvalue weighted by Gasteiger charge is -2.21. The topological polar surface area (TPSA) is 115 Å². The van der Waals surface area contributed by atoms with Crippen LogP contribution in [-0.2, 0) is 17.8 Å². The van der Waals surface area contributed by atoms with E-state index in [0.717, 1.165) is 47.5 Å². The summed E-state index contributed by atoms with van der Waals surface area (Å²) in [5, 5.41) is 9.58. The fourth-order valence-corrected chi connectivity index (χ4v) is 4.65. The van der Waals surface area contributed by atoms with E-state index >= 15 is 0 Å². The first-order valence-electron chi connectivity index (χ1n) is 11.8. The molecule has 35 heavy (non-hydrogen) atoms. The maximum absolute atomic E-state index is 14.3. The lowest BCUT2D eigenvalue weighted by molar-refractivity contribution is -0.121. The molecule has 2 N–H and O–H groups in total. The number of hydrogen-bond donors (Lipinski definition) is 2. The molecule has 0 atom stereocenters. The third kappa shape index (κ3) is 5.01. The number of rotatable bonds is 6. The molecule has 2 amide bonds. The Morgan fingerprint density at radius 3 is 2.77 bits per heavy atom. The lowest BCUT2D eigenvalue weighted by atomic mass is 9.89. The molecular weight excluding hydrogens is 453 g/mol. The number of fused-ring (bicyclic) bond motifs is 2. The zero-order valence-electron chi connectivity index (χ0n) is 19.2. The van der Waals surface area contributed by atoms with Crippen molar-refractivity contribution in [1.29, 1.82) is 0 Å². The lowest BCUT2D eigenvalue weighted by Crippen LogP contribution is -2.32. The van der Waals surface area contributed by atoms with Crippen LogP contribution in [0.15, 0.2) is 30.5 Å². The number of aromatic nitrogens is 3. The zero-order chi connectivity index (χ0) is 24.4. The number of ether oxygens (including phenoxy) is 1. The summed E-state index contributed by atoms with van der Waals surface area (Å²) in [6.07, 6.45) is 6.92. The fourth-order valence-electron chi connectivity index (χ4n) is 4.65. The first-order chi connectivity index (χ1) is 17.0. The summed E-state index contributed by atoms with van der Waals surface area (Å²) in [5.41, 5.74) is 1.31. The number of halogens is 1. The Kier molecular flexibility index (Phi) is 6.43. The van der Waals surface area contributed by atoms with E-state index in [1.165, 1.54) is 12.5 Å². The molecule has 1 aliphatic carbocycles. The molecule has 0 radical (unpaired) electrons. The monoisotopic (exact) mass is 479 g/mol. The van der Waals surface area contributed by atoms with Crippen LogP contribution in [0, 0.1) is 11.7 Å². The Morgan fingerprint density at radius 1 is 1.11 bits per heavy atom. The quantitative estimate of drug-likeness (QED) is 0.562. The SMILES string of the molecule is O=C1COc2ccc(CNC(=O)c3cc(C(=O)NCC4CCCCC4)n4ncc(F)c4n3)cc2C1. The van der Waals surface area contributed by atoms with Gasteiger partial charge in [-0.1, -0.05) is 25.3 Å². The van der Waals surface area contributed by atoms with Gasteiger partial charge in [-0.05, 0) is 36.5 Å². The summed E-state index contributed by atoms with van der Waals surface area (Å²) in [4.78, 5) is 41.6. The predicted molar refractivity (Wildman–Crippen MR) is 124 cm³/mol. The minimum Gasteiger partial charge on any atom is -0.486 e. The highest BCUT2D eigenvalue weighted by atomic mass is 19.1. The van der Waals surface area contributed by atoms with Crippen LogP contribution in [0.5, 0.6) is 5.75 Å². The molecule has 1 aromatic carbocycles. The van der Waals surface area contributed by atoms with Crippen LogP contribution in [-0.4, -0.2) is 45.3 Å². The number of hydrogen-bond acceptors (Lipinski definition) is 6. The average molecular weight is 480 g/mol. The highest BCUT2D eigenvalue weighted by Crippen LogP contribution is 2.25. The number of carbonyl (C=O) groups excluding carboxylic acids is 3. The van der Waals surface area contributed by atoms with Crippen molar-refractivity contribution < 1.29 is 23.5 Å². The Balaban J connectivity index is 1.31. The third-order valence-corrected chi connectivity index (χ3v) is 6.52. The van der Waals surface area contributed by atoms with Gasteiger partial charge in [-0.15, -0.1) is 0 Å². The molecule has 1 aliphatic heterocycles. The summed E-state index contributed by atoms with van der Waals surface area (Å²) in [5.74, 6) is -0.640. The van der Waals surface area contributed by atoms with Gasteiger partial charge in [0.25, 0.3) is 11.8 Å². The number of nitrogens with zero attached hydrogens (tertiary/aromatic N) is 3. The van der Waals surface area contributed by atoms with Crippen molar-refractivity contribution in [3.8, 4) is 5.75 Å². The minimum atomic E-state index is -0.722. The summed E-state index contributed by atoms with van der Waals surface area (Å²) < 4.78 is 20.8. The molecule has 5 rings (SSSR count). The van der Waals surface area contributed by atoms with Gasteiger partial charge in [-0.2, -0.15) is 5.10 Å². The number of ketones is 1. The van der Waals surface area contributed by atoms with Gasteiger partial charge in [0.2, 0.25) is 0 Å². The molecule has 2 aliphatic rings. The van der Waals surface area contributed by atoms with E-state index in [0.29, 0.717) is 18.2 Å². The summed E-state index contributed by atoms with van der Waals surface area (Å²) in [7, 11) is 0. The predicted octanol–water partition coefficient (Wildman–Crippen LogP) is 2.61. The van der Waals surface area contributed by atoms with Gasteiger partial charge < -0.3 is 15.4 Å². The van der Waals surface area contributed by atoms with Crippen molar-refractivity contribution in [2.75, 3.05) is 13.2 Å². The van der Waals surface area contributed by atoms with Crippen molar-refractivity contribution >= 4 is 23.2 Å². The second-order valence-electron chi connectivity index (χ2n) is 9.10. The second-order valence-corrected chi connectivity index (χ2v) is 9.10. The van der Waals surface area contributed by atoms with Crippen LogP contribution >= 0.6 is 0 Å². The Hall–Kier alpha value is -3.82. The van der Waals surface area contributed by atoms with E-state index < -0.39 is 17.6 Å². The van der Waals surface area contributed by atoms with Gasteiger partial charge in [-0.3, -0.25) is 14.4 Å². The van der Waals surface area contributed by atoms with Gasteiger partial charge in [0.05, 0.1) is 6.20 Å². The van der Waals surface area contributed by atoms with E-state index in [9.17, 15) is 18.8 Å². The molecule has 1 fully saturated rings.